The molecular formula is C13H16N4O2S. The summed E-state index contributed by atoms with van der Waals surface area (Å²) in [6.07, 6.45) is 4.86. The Morgan fingerprint density at radius 1 is 1.25 bits per heavy atom. The van der Waals surface area contributed by atoms with Crippen molar-refractivity contribution in [3.63, 3.8) is 0 Å². The van der Waals surface area contributed by atoms with Gasteiger partial charge in [-0.15, -0.1) is 0 Å². The zero-order valence-electron chi connectivity index (χ0n) is 11.3. The third-order valence-corrected chi connectivity index (χ3v) is 4.33. The average Bonchev–Trinajstić information content (AvgIpc) is 2.46. The van der Waals surface area contributed by atoms with Crippen molar-refractivity contribution in [3.8, 4) is 0 Å². The van der Waals surface area contributed by atoms with Crippen LogP contribution >= 0.6 is 0 Å². The topological polar surface area (TPSA) is 84.0 Å². The second-order valence-electron chi connectivity index (χ2n) is 4.23. The highest BCUT2D eigenvalue weighted by molar-refractivity contribution is 7.89. The molecule has 7 heteroatoms. The molecule has 2 aromatic rings. The molecule has 2 heterocycles. The molecule has 2 rings (SSSR count). The quantitative estimate of drug-likeness (QED) is 0.868. The van der Waals surface area contributed by atoms with Gasteiger partial charge in [-0.25, -0.2) is 18.1 Å². The van der Waals surface area contributed by atoms with Crippen molar-refractivity contribution in [2.75, 3.05) is 12.4 Å². The number of rotatable bonds is 5. The van der Waals surface area contributed by atoms with Gasteiger partial charge in [0.2, 0.25) is 10.0 Å². The fourth-order valence-corrected chi connectivity index (χ4v) is 2.90. The Bertz CT molecular complexity index is 701. The van der Waals surface area contributed by atoms with Crippen LogP contribution in [0.4, 0.5) is 5.82 Å². The molecule has 2 N–H and O–H groups in total. The fraction of sp³-hybridized carbons (Fsp3) is 0.231. The van der Waals surface area contributed by atoms with E-state index in [2.05, 4.69) is 20.0 Å². The maximum Gasteiger partial charge on any atom is 0.244 e. The molecule has 0 bridgehead atoms. The van der Waals surface area contributed by atoms with E-state index in [0.29, 0.717) is 5.82 Å². The number of hydrogen-bond donors (Lipinski definition) is 2. The normalized spacial score (nSPS) is 11.3. The number of aryl methyl sites for hydroxylation is 1. The lowest BCUT2D eigenvalue weighted by Gasteiger charge is -2.11. The van der Waals surface area contributed by atoms with Crippen LogP contribution in [0.25, 0.3) is 0 Å². The zero-order valence-corrected chi connectivity index (χ0v) is 12.1. The Morgan fingerprint density at radius 3 is 2.75 bits per heavy atom. The van der Waals surface area contributed by atoms with E-state index in [4.69, 9.17) is 0 Å². The number of nitrogens with one attached hydrogen (secondary N) is 2. The molecule has 0 unspecified atom stereocenters. The van der Waals surface area contributed by atoms with Crippen molar-refractivity contribution in [2.24, 2.45) is 0 Å². The first-order valence-electron chi connectivity index (χ1n) is 6.06. The van der Waals surface area contributed by atoms with Gasteiger partial charge in [-0.05, 0) is 36.2 Å². The predicted octanol–water partition coefficient (Wildman–Crippen LogP) is 1.31. The molecule has 0 saturated carbocycles. The lowest BCUT2D eigenvalue weighted by molar-refractivity contribution is 0.581. The summed E-state index contributed by atoms with van der Waals surface area (Å²) < 4.78 is 27.1. The van der Waals surface area contributed by atoms with E-state index in [1.807, 2.05) is 13.0 Å². The molecule has 0 spiro atoms. The van der Waals surface area contributed by atoms with Crippen LogP contribution in [-0.2, 0) is 16.6 Å². The summed E-state index contributed by atoms with van der Waals surface area (Å²) in [7, 11) is -1.99. The zero-order chi connectivity index (χ0) is 14.6. The Hall–Kier alpha value is -1.99. The highest BCUT2D eigenvalue weighted by atomic mass is 32.2. The van der Waals surface area contributed by atoms with Gasteiger partial charge in [0.15, 0.2) is 0 Å². The standard InChI is InChI=1S/C13H16N4O2S/c1-10-5-7-15-8-11(10)9-17-20(18,19)12-4-3-6-16-13(12)14-2/h3-8,17H,9H2,1-2H3,(H,14,16). The van der Waals surface area contributed by atoms with Crippen LogP contribution in [0.1, 0.15) is 11.1 Å². The highest BCUT2D eigenvalue weighted by Gasteiger charge is 2.18. The fourth-order valence-electron chi connectivity index (χ4n) is 1.73. The molecule has 2 aromatic heterocycles. The van der Waals surface area contributed by atoms with Crippen molar-refractivity contribution in [1.82, 2.24) is 14.7 Å². The van der Waals surface area contributed by atoms with Crippen LogP contribution in [0.2, 0.25) is 0 Å². The van der Waals surface area contributed by atoms with E-state index in [-0.39, 0.29) is 11.4 Å². The van der Waals surface area contributed by atoms with Gasteiger partial charge in [-0.3, -0.25) is 4.98 Å². The van der Waals surface area contributed by atoms with E-state index in [1.165, 1.54) is 12.3 Å². The van der Waals surface area contributed by atoms with Crippen LogP contribution in [0.3, 0.4) is 0 Å². The van der Waals surface area contributed by atoms with Gasteiger partial charge in [0.05, 0.1) is 0 Å². The maximum absolute atomic E-state index is 12.3. The van der Waals surface area contributed by atoms with Gasteiger partial charge >= 0.3 is 0 Å². The molecule has 0 aliphatic heterocycles. The molecule has 0 aliphatic carbocycles. The lowest BCUT2D eigenvalue weighted by Crippen LogP contribution is -2.24. The number of nitrogens with zero attached hydrogens (tertiary/aromatic N) is 2. The molecule has 20 heavy (non-hydrogen) atoms. The van der Waals surface area contributed by atoms with Crippen LogP contribution in [-0.4, -0.2) is 25.4 Å². The third-order valence-electron chi connectivity index (χ3n) is 2.90. The molecule has 0 radical (unpaired) electrons. The summed E-state index contributed by atoms with van der Waals surface area (Å²) >= 11 is 0. The van der Waals surface area contributed by atoms with E-state index in [9.17, 15) is 8.42 Å². The van der Waals surface area contributed by atoms with Gasteiger partial charge in [0.25, 0.3) is 0 Å². The molecule has 0 saturated heterocycles. The van der Waals surface area contributed by atoms with Crippen LogP contribution < -0.4 is 10.0 Å². The summed E-state index contributed by atoms with van der Waals surface area (Å²) in [4.78, 5) is 8.12. The predicted molar refractivity (Wildman–Crippen MR) is 76.8 cm³/mol. The molecule has 0 atom stereocenters. The highest BCUT2D eigenvalue weighted by Crippen LogP contribution is 2.17. The van der Waals surface area contributed by atoms with Gasteiger partial charge in [0.1, 0.15) is 10.7 Å². The second kappa shape index (κ2) is 5.98. The summed E-state index contributed by atoms with van der Waals surface area (Å²) in [5, 5.41) is 2.77. The molecule has 106 valence electrons. The Morgan fingerprint density at radius 2 is 2.05 bits per heavy atom. The minimum atomic E-state index is -3.62. The molecule has 0 aromatic carbocycles. The first-order valence-corrected chi connectivity index (χ1v) is 7.55. The number of anilines is 1. The summed E-state index contributed by atoms with van der Waals surface area (Å²) in [5.74, 6) is 0.322. The Balaban J connectivity index is 2.22. The van der Waals surface area contributed by atoms with E-state index in [0.717, 1.165) is 11.1 Å². The van der Waals surface area contributed by atoms with Crippen molar-refractivity contribution in [2.45, 2.75) is 18.4 Å². The largest absolute Gasteiger partial charge is 0.372 e. The van der Waals surface area contributed by atoms with Gasteiger partial charge in [0, 0.05) is 32.2 Å². The molecule has 6 nitrogen and oxygen atoms in total. The number of pyridine rings is 2. The van der Waals surface area contributed by atoms with Gasteiger partial charge in [-0.2, -0.15) is 0 Å². The summed E-state index contributed by atoms with van der Waals surface area (Å²) in [6.45, 7) is 2.11. The first kappa shape index (κ1) is 14.4. The summed E-state index contributed by atoms with van der Waals surface area (Å²) in [6, 6.07) is 4.94. The summed E-state index contributed by atoms with van der Waals surface area (Å²) in [5.41, 5.74) is 1.83. The minimum absolute atomic E-state index is 0.129. The molecule has 0 aliphatic rings. The SMILES string of the molecule is CNc1ncccc1S(=O)(=O)NCc1cnccc1C. The Labute approximate surface area is 118 Å². The maximum atomic E-state index is 12.3. The van der Waals surface area contributed by atoms with Gasteiger partial charge < -0.3 is 5.32 Å². The van der Waals surface area contributed by atoms with Crippen LogP contribution in [0.5, 0.6) is 0 Å². The van der Waals surface area contributed by atoms with Crippen molar-refractivity contribution in [1.29, 1.82) is 0 Å². The van der Waals surface area contributed by atoms with E-state index in [1.54, 1.807) is 25.5 Å². The molecule has 0 fully saturated rings. The number of aromatic nitrogens is 2. The van der Waals surface area contributed by atoms with E-state index < -0.39 is 10.0 Å². The van der Waals surface area contributed by atoms with Gasteiger partial charge in [-0.1, -0.05) is 0 Å². The number of hydrogen-bond acceptors (Lipinski definition) is 5. The average molecular weight is 292 g/mol. The molecule has 0 amide bonds. The third kappa shape index (κ3) is 3.12. The van der Waals surface area contributed by atoms with Crippen molar-refractivity contribution >= 4 is 15.8 Å². The first-order chi connectivity index (χ1) is 9.54. The van der Waals surface area contributed by atoms with Crippen LogP contribution in [0, 0.1) is 6.92 Å². The van der Waals surface area contributed by atoms with Crippen LogP contribution in [0.15, 0.2) is 41.7 Å². The lowest BCUT2D eigenvalue weighted by atomic mass is 10.2. The Kier molecular flexibility index (Phi) is 4.31. The monoisotopic (exact) mass is 292 g/mol. The smallest absolute Gasteiger partial charge is 0.244 e. The second-order valence-corrected chi connectivity index (χ2v) is 5.96. The van der Waals surface area contributed by atoms with E-state index >= 15 is 0 Å². The number of sulfonamides is 1. The minimum Gasteiger partial charge on any atom is -0.372 e. The molecular weight excluding hydrogens is 276 g/mol. The van der Waals surface area contributed by atoms with Crippen molar-refractivity contribution < 1.29 is 8.42 Å². The van der Waals surface area contributed by atoms with Crippen molar-refractivity contribution in [3.05, 3.63) is 47.9 Å².